The molecule has 2 nitrogen and oxygen atoms in total. The Balaban J connectivity index is 2.07. The fourth-order valence-corrected chi connectivity index (χ4v) is 1.57. The number of hydrogen-bond acceptors (Lipinski definition) is 2. The fourth-order valence-electron chi connectivity index (χ4n) is 1.57. The molecule has 0 amide bonds. The van der Waals surface area contributed by atoms with E-state index in [2.05, 4.69) is 5.32 Å². The highest BCUT2D eigenvalue weighted by atomic mass is 19.1. The van der Waals surface area contributed by atoms with Gasteiger partial charge in [-0.05, 0) is 35.9 Å². The van der Waals surface area contributed by atoms with Gasteiger partial charge in [0.2, 0.25) is 0 Å². The van der Waals surface area contributed by atoms with E-state index in [4.69, 9.17) is 5.26 Å². The Hall–Kier alpha value is -2.41. The predicted octanol–water partition coefficient (Wildman–Crippen LogP) is 3.45. The molecule has 0 fully saturated rings. The van der Waals surface area contributed by atoms with Gasteiger partial charge in [-0.25, -0.2) is 8.78 Å². The van der Waals surface area contributed by atoms with Gasteiger partial charge in [-0.1, -0.05) is 12.1 Å². The lowest BCUT2D eigenvalue weighted by atomic mass is 10.2. The van der Waals surface area contributed by atoms with Crippen molar-refractivity contribution in [3.8, 4) is 6.07 Å². The molecule has 0 aliphatic carbocycles. The van der Waals surface area contributed by atoms with Crippen LogP contribution in [0.25, 0.3) is 0 Å². The van der Waals surface area contributed by atoms with Gasteiger partial charge in [-0.15, -0.1) is 0 Å². The largest absolute Gasteiger partial charge is 0.381 e. The summed E-state index contributed by atoms with van der Waals surface area (Å²) in [6.45, 7) is 0.392. The lowest BCUT2D eigenvalue weighted by Crippen LogP contribution is -2.00. The summed E-state index contributed by atoms with van der Waals surface area (Å²) in [5.74, 6) is -0.873. The van der Waals surface area contributed by atoms with Gasteiger partial charge in [0.05, 0.1) is 5.56 Å². The van der Waals surface area contributed by atoms with Gasteiger partial charge in [-0.2, -0.15) is 5.26 Å². The minimum atomic E-state index is -0.568. The van der Waals surface area contributed by atoms with Crippen LogP contribution in [0.3, 0.4) is 0 Å². The summed E-state index contributed by atoms with van der Waals surface area (Å²) >= 11 is 0. The van der Waals surface area contributed by atoms with Crippen LogP contribution in [0.15, 0.2) is 42.5 Å². The molecule has 0 heterocycles. The molecule has 0 saturated heterocycles. The second kappa shape index (κ2) is 5.28. The average molecular weight is 244 g/mol. The maximum atomic E-state index is 13.3. The van der Waals surface area contributed by atoms with Gasteiger partial charge in [0.1, 0.15) is 17.7 Å². The molecule has 0 aromatic heterocycles. The molecule has 0 bridgehead atoms. The van der Waals surface area contributed by atoms with E-state index in [9.17, 15) is 8.78 Å². The zero-order valence-electron chi connectivity index (χ0n) is 9.45. The highest BCUT2D eigenvalue weighted by Gasteiger charge is 2.02. The van der Waals surface area contributed by atoms with Gasteiger partial charge >= 0.3 is 0 Å². The summed E-state index contributed by atoms with van der Waals surface area (Å²) in [7, 11) is 0. The number of nitriles is 1. The third kappa shape index (κ3) is 2.83. The Labute approximate surface area is 103 Å². The third-order valence-electron chi connectivity index (χ3n) is 2.48. The first kappa shape index (κ1) is 12.1. The topological polar surface area (TPSA) is 35.8 Å². The number of nitrogens with one attached hydrogen (secondary N) is 1. The van der Waals surface area contributed by atoms with Crippen molar-refractivity contribution < 1.29 is 8.78 Å². The standard InChI is InChI=1S/C14H10F2N2/c15-12-3-1-2-10(6-12)9-18-13-5-4-11(8-17)14(16)7-13/h1-7,18H,9H2. The number of anilines is 1. The normalized spacial score (nSPS) is 9.83. The molecule has 4 heteroatoms. The van der Waals surface area contributed by atoms with Gasteiger partial charge in [0.25, 0.3) is 0 Å². The second-order valence-electron chi connectivity index (χ2n) is 3.79. The van der Waals surface area contributed by atoms with Crippen molar-refractivity contribution in [1.29, 1.82) is 5.26 Å². The zero-order valence-corrected chi connectivity index (χ0v) is 9.45. The van der Waals surface area contributed by atoms with E-state index in [1.807, 2.05) is 0 Å². The monoisotopic (exact) mass is 244 g/mol. The molecular formula is C14H10F2N2. The van der Waals surface area contributed by atoms with E-state index in [0.29, 0.717) is 12.2 Å². The van der Waals surface area contributed by atoms with Crippen molar-refractivity contribution in [2.45, 2.75) is 6.54 Å². The van der Waals surface area contributed by atoms with Crippen LogP contribution in [0.4, 0.5) is 14.5 Å². The van der Waals surface area contributed by atoms with Crippen molar-refractivity contribution in [1.82, 2.24) is 0 Å². The molecule has 2 aromatic rings. The van der Waals surface area contributed by atoms with Gasteiger partial charge in [0, 0.05) is 12.2 Å². The van der Waals surface area contributed by atoms with Crippen LogP contribution in [0, 0.1) is 23.0 Å². The summed E-state index contributed by atoms with van der Waals surface area (Å²) in [6, 6.07) is 12.2. The molecule has 2 aromatic carbocycles. The number of halogens is 2. The third-order valence-corrected chi connectivity index (χ3v) is 2.48. The van der Waals surface area contributed by atoms with Crippen LogP contribution >= 0.6 is 0 Å². The molecule has 0 spiro atoms. The number of benzene rings is 2. The molecule has 0 unspecified atom stereocenters. The average Bonchev–Trinajstić information content (AvgIpc) is 2.37. The van der Waals surface area contributed by atoms with Crippen molar-refractivity contribution in [3.63, 3.8) is 0 Å². The second-order valence-corrected chi connectivity index (χ2v) is 3.79. The van der Waals surface area contributed by atoms with E-state index in [0.717, 1.165) is 5.56 Å². The summed E-state index contributed by atoms with van der Waals surface area (Å²) in [4.78, 5) is 0. The van der Waals surface area contributed by atoms with Crippen LogP contribution in [0.5, 0.6) is 0 Å². The number of nitrogens with zero attached hydrogens (tertiary/aromatic N) is 1. The quantitative estimate of drug-likeness (QED) is 0.897. The van der Waals surface area contributed by atoms with Crippen molar-refractivity contribution in [2.75, 3.05) is 5.32 Å². The van der Waals surface area contributed by atoms with E-state index in [1.165, 1.54) is 24.3 Å². The van der Waals surface area contributed by atoms with Crippen molar-refractivity contribution in [2.24, 2.45) is 0 Å². The van der Waals surface area contributed by atoms with E-state index in [1.54, 1.807) is 24.3 Å². The Morgan fingerprint density at radius 3 is 2.61 bits per heavy atom. The minimum absolute atomic E-state index is 0.00584. The Morgan fingerprint density at radius 1 is 1.11 bits per heavy atom. The van der Waals surface area contributed by atoms with E-state index < -0.39 is 5.82 Å². The SMILES string of the molecule is N#Cc1ccc(NCc2cccc(F)c2)cc1F. The van der Waals surface area contributed by atoms with Crippen LogP contribution < -0.4 is 5.32 Å². The Bertz CT molecular complexity index is 603. The van der Waals surface area contributed by atoms with Crippen molar-refractivity contribution >= 4 is 5.69 Å². The highest BCUT2D eigenvalue weighted by Crippen LogP contribution is 2.15. The number of rotatable bonds is 3. The molecule has 1 N–H and O–H groups in total. The maximum absolute atomic E-state index is 13.3. The minimum Gasteiger partial charge on any atom is -0.381 e. The first-order valence-corrected chi connectivity index (χ1v) is 5.37. The van der Waals surface area contributed by atoms with Crippen LogP contribution in [0.2, 0.25) is 0 Å². The summed E-state index contributed by atoms with van der Waals surface area (Å²) in [5.41, 5.74) is 1.32. The van der Waals surface area contributed by atoms with E-state index >= 15 is 0 Å². The smallest absolute Gasteiger partial charge is 0.143 e. The van der Waals surface area contributed by atoms with Crippen LogP contribution in [0.1, 0.15) is 11.1 Å². The molecule has 2 rings (SSSR count). The lowest BCUT2D eigenvalue weighted by Gasteiger charge is -2.07. The molecule has 0 radical (unpaired) electrons. The summed E-state index contributed by atoms with van der Waals surface area (Å²) in [6.07, 6.45) is 0. The van der Waals surface area contributed by atoms with Crippen molar-refractivity contribution in [3.05, 3.63) is 65.2 Å². The first-order valence-electron chi connectivity index (χ1n) is 5.37. The number of hydrogen-bond donors (Lipinski definition) is 1. The van der Waals surface area contributed by atoms with E-state index in [-0.39, 0.29) is 11.4 Å². The molecule has 90 valence electrons. The predicted molar refractivity (Wildman–Crippen MR) is 64.8 cm³/mol. The van der Waals surface area contributed by atoms with Gasteiger partial charge in [0.15, 0.2) is 0 Å². The first-order chi connectivity index (χ1) is 8.69. The lowest BCUT2D eigenvalue weighted by molar-refractivity contribution is 0.623. The molecule has 0 aliphatic rings. The molecule has 18 heavy (non-hydrogen) atoms. The molecule has 0 aliphatic heterocycles. The fraction of sp³-hybridized carbons (Fsp3) is 0.0714. The van der Waals surface area contributed by atoms with Gasteiger partial charge < -0.3 is 5.32 Å². The summed E-state index contributed by atoms with van der Waals surface area (Å²) < 4.78 is 26.2. The summed E-state index contributed by atoms with van der Waals surface area (Å²) in [5, 5.41) is 11.6. The van der Waals surface area contributed by atoms with Crippen LogP contribution in [-0.4, -0.2) is 0 Å². The molecule has 0 saturated carbocycles. The molecular weight excluding hydrogens is 234 g/mol. The maximum Gasteiger partial charge on any atom is 0.143 e. The van der Waals surface area contributed by atoms with Crippen LogP contribution in [-0.2, 0) is 6.54 Å². The Morgan fingerprint density at radius 2 is 1.94 bits per heavy atom. The highest BCUT2D eigenvalue weighted by molar-refractivity contribution is 5.48. The Kier molecular flexibility index (Phi) is 3.54. The zero-order chi connectivity index (χ0) is 13.0. The molecule has 0 atom stereocenters. The van der Waals surface area contributed by atoms with Gasteiger partial charge in [-0.3, -0.25) is 0 Å².